The van der Waals surface area contributed by atoms with Gasteiger partial charge < -0.3 is 10.7 Å². The summed E-state index contributed by atoms with van der Waals surface area (Å²) in [7, 11) is 0. The molecule has 4 nitrogen and oxygen atoms in total. The van der Waals surface area contributed by atoms with Crippen LogP contribution in [0.25, 0.3) is 33.3 Å². The SMILES string of the molecule is Nc1cc(Br)cc2[nH]c(-c3nccc4ccccc34)nc12. The third kappa shape index (κ3) is 1.97. The van der Waals surface area contributed by atoms with E-state index in [2.05, 4.69) is 36.9 Å². The highest BCUT2D eigenvalue weighted by Crippen LogP contribution is 2.29. The van der Waals surface area contributed by atoms with Gasteiger partial charge in [0.1, 0.15) is 11.2 Å². The summed E-state index contributed by atoms with van der Waals surface area (Å²) in [6, 6.07) is 13.9. The van der Waals surface area contributed by atoms with Gasteiger partial charge in [-0.05, 0) is 23.6 Å². The number of benzene rings is 2. The Kier molecular flexibility index (Phi) is 2.68. The first-order valence-electron chi connectivity index (χ1n) is 6.51. The number of H-pyrrole nitrogens is 1. The number of hydrogen-bond acceptors (Lipinski definition) is 3. The van der Waals surface area contributed by atoms with E-state index < -0.39 is 0 Å². The molecule has 3 N–H and O–H groups in total. The summed E-state index contributed by atoms with van der Waals surface area (Å²) in [5.74, 6) is 0.728. The van der Waals surface area contributed by atoms with E-state index >= 15 is 0 Å². The second kappa shape index (κ2) is 4.56. The number of halogens is 1. The number of nitrogens with two attached hydrogens (primary N) is 1. The van der Waals surface area contributed by atoms with Gasteiger partial charge >= 0.3 is 0 Å². The summed E-state index contributed by atoms with van der Waals surface area (Å²) >= 11 is 3.45. The number of aromatic amines is 1. The normalized spacial score (nSPS) is 11.3. The van der Waals surface area contributed by atoms with E-state index in [1.165, 1.54) is 0 Å². The Bertz CT molecular complexity index is 969. The molecular weight excluding hydrogens is 328 g/mol. The Morgan fingerprint density at radius 1 is 1.10 bits per heavy atom. The highest BCUT2D eigenvalue weighted by atomic mass is 79.9. The van der Waals surface area contributed by atoms with E-state index in [1.54, 1.807) is 6.20 Å². The van der Waals surface area contributed by atoms with Crippen LogP contribution in [0.1, 0.15) is 0 Å². The minimum Gasteiger partial charge on any atom is -0.397 e. The summed E-state index contributed by atoms with van der Waals surface area (Å²) in [4.78, 5) is 12.4. The molecule has 0 saturated carbocycles. The molecule has 2 heterocycles. The van der Waals surface area contributed by atoms with E-state index in [0.717, 1.165) is 37.8 Å². The molecular formula is C16H11BrN4. The van der Waals surface area contributed by atoms with Gasteiger partial charge in [0, 0.05) is 16.1 Å². The fourth-order valence-electron chi connectivity index (χ4n) is 2.53. The Morgan fingerprint density at radius 3 is 2.86 bits per heavy atom. The van der Waals surface area contributed by atoms with Crippen LogP contribution in [0.5, 0.6) is 0 Å². The van der Waals surface area contributed by atoms with Crippen LogP contribution < -0.4 is 5.73 Å². The van der Waals surface area contributed by atoms with Gasteiger partial charge in [-0.15, -0.1) is 0 Å². The average Bonchev–Trinajstić information content (AvgIpc) is 2.90. The lowest BCUT2D eigenvalue weighted by Gasteiger charge is -2.01. The molecule has 0 radical (unpaired) electrons. The molecule has 21 heavy (non-hydrogen) atoms. The molecule has 0 spiro atoms. The van der Waals surface area contributed by atoms with Crippen molar-refractivity contribution in [1.82, 2.24) is 15.0 Å². The number of anilines is 1. The van der Waals surface area contributed by atoms with E-state index in [9.17, 15) is 0 Å². The van der Waals surface area contributed by atoms with Crippen molar-refractivity contribution < 1.29 is 0 Å². The van der Waals surface area contributed by atoms with E-state index in [0.29, 0.717) is 5.69 Å². The van der Waals surface area contributed by atoms with Gasteiger partial charge in [0.25, 0.3) is 0 Å². The minimum absolute atomic E-state index is 0.641. The van der Waals surface area contributed by atoms with Gasteiger partial charge in [-0.3, -0.25) is 4.98 Å². The third-order valence-corrected chi connectivity index (χ3v) is 3.94. The summed E-state index contributed by atoms with van der Waals surface area (Å²) in [6.07, 6.45) is 1.80. The lowest BCUT2D eigenvalue weighted by molar-refractivity contribution is 1.26. The molecule has 2 aromatic heterocycles. The van der Waals surface area contributed by atoms with Crippen LogP contribution in [0.15, 0.2) is 53.1 Å². The molecule has 0 amide bonds. The van der Waals surface area contributed by atoms with E-state index in [-0.39, 0.29) is 0 Å². The quantitative estimate of drug-likeness (QED) is 0.513. The van der Waals surface area contributed by atoms with E-state index in [1.807, 2.05) is 36.4 Å². The predicted octanol–water partition coefficient (Wildman–Crippen LogP) is 4.12. The first-order chi connectivity index (χ1) is 10.2. The molecule has 2 aromatic carbocycles. The van der Waals surface area contributed by atoms with Gasteiger partial charge in [0.2, 0.25) is 0 Å². The zero-order valence-electron chi connectivity index (χ0n) is 11.0. The van der Waals surface area contributed by atoms with Gasteiger partial charge in [-0.25, -0.2) is 4.98 Å². The molecule has 0 unspecified atom stereocenters. The maximum absolute atomic E-state index is 6.03. The first kappa shape index (κ1) is 12.3. The van der Waals surface area contributed by atoms with Crippen molar-refractivity contribution in [1.29, 1.82) is 0 Å². The van der Waals surface area contributed by atoms with Crippen LogP contribution in [-0.2, 0) is 0 Å². The average molecular weight is 339 g/mol. The molecule has 102 valence electrons. The summed E-state index contributed by atoms with van der Waals surface area (Å²) in [6.45, 7) is 0. The lowest BCUT2D eigenvalue weighted by atomic mass is 10.1. The minimum atomic E-state index is 0.641. The number of pyridine rings is 1. The van der Waals surface area contributed by atoms with Crippen LogP contribution in [0.3, 0.4) is 0 Å². The molecule has 4 rings (SSSR count). The van der Waals surface area contributed by atoms with Gasteiger partial charge in [0.15, 0.2) is 5.82 Å². The smallest absolute Gasteiger partial charge is 0.157 e. The number of aromatic nitrogens is 3. The number of nitrogens with zero attached hydrogens (tertiary/aromatic N) is 2. The van der Waals surface area contributed by atoms with Crippen molar-refractivity contribution in [3.8, 4) is 11.5 Å². The largest absolute Gasteiger partial charge is 0.397 e. The van der Waals surface area contributed by atoms with Crippen molar-refractivity contribution in [2.75, 3.05) is 5.73 Å². The van der Waals surface area contributed by atoms with Crippen LogP contribution in [0.4, 0.5) is 5.69 Å². The number of nitrogen functional groups attached to an aromatic ring is 1. The molecule has 0 saturated heterocycles. The monoisotopic (exact) mass is 338 g/mol. The van der Waals surface area contributed by atoms with Crippen LogP contribution in [0, 0.1) is 0 Å². The molecule has 0 atom stereocenters. The fraction of sp³-hybridized carbons (Fsp3) is 0. The number of rotatable bonds is 1. The van der Waals surface area contributed by atoms with Crippen molar-refractivity contribution in [2.45, 2.75) is 0 Å². The zero-order chi connectivity index (χ0) is 14.4. The van der Waals surface area contributed by atoms with Gasteiger partial charge in [-0.2, -0.15) is 0 Å². The predicted molar refractivity (Wildman–Crippen MR) is 88.9 cm³/mol. The third-order valence-electron chi connectivity index (χ3n) is 3.48. The molecule has 0 aliphatic carbocycles. The van der Waals surface area contributed by atoms with Crippen molar-refractivity contribution in [3.63, 3.8) is 0 Å². The molecule has 0 aliphatic heterocycles. The maximum atomic E-state index is 6.03. The zero-order valence-corrected chi connectivity index (χ0v) is 12.6. The van der Waals surface area contributed by atoms with Crippen LogP contribution in [-0.4, -0.2) is 15.0 Å². The standard InChI is InChI=1S/C16H11BrN4/c17-10-7-12(18)15-13(8-10)20-16(21-15)14-11-4-2-1-3-9(11)5-6-19-14/h1-8H,18H2,(H,20,21). The molecule has 0 bridgehead atoms. The molecule has 4 aromatic rings. The summed E-state index contributed by atoms with van der Waals surface area (Å²) in [5.41, 5.74) is 9.16. The Hall–Kier alpha value is -2.40. The van der Waals surface area contributed by atoms with Crippen LogP contribution >= 0.6 is 15.9 Å². The van der Waals surface area contributed by atoms with Crippen molar-refractivity contribution in [3.05, 3.63) is 53.1 Å². The lowest BCUT2D eigenvalue weighted by Crippen LogP contribution is -1.88. The summed E-state index contributed by atoms with van der Waals surface area (Å²) < 4.78 is 0.925. The second-order valence-corrected chi connectivity index (χ2v) is 5.77. The number of fused-ring (bicyclic) bond motifs is 2. The number of hydrogen-bond donors (Lipinski definition) is 2. The number of nitrogens with one attached hydrogen (secondary N) is 1. The van der Waals surface area contributed by atoms with E-state index in [4.69, 9.17) is 5.73 Å². The fourth-order valence-corrected chi connectivity index (χ4v) is 3.00. The van der Waals surface area contributed by atoms with Crippen molar-refractivity contribution >= 4 is 43.4 Å². The summed E-state index contributed by atoms with van der Waals surface area (Å²) in [5, 5.41) is 2.20. The Balaban J connectivity index is 2.03. The van der Waals surface area contributed by atoms with Crippen molar-refractivity contribution in [2.24, 2.45) is 0 Å². The van der Waals surface area contributed by atoms with Crippen LogP contribution in [0.2, 0.25) is 0 Å². The number of imidazole rings is 1. The molecule has 0 fully saturated rings. The first-order valence-corrected chi connectivity index (χ1v) is 7.30. The molecule has 0 aliphatic rings. The maximum Gasteiger partial charge on any atom is 0.157 e. The van der Waals surface area contributed by atoms with Gasteiger partial charge in [0.05, 0.1) is 11.2 Å². The highest BCUT2D eigenvalue weighted by molar-refractivity contribution is 9.10. The Labute approximate surface area is 129 Å². The second-order valence-electron chi connectivity index (χ2n) is 4.86. The highest BCUT2D eigenvalue weighted by Gasteiger charge is 2.12. The van der Waals surface area contributed by atoms with Gasteiger partial charge in [-0.1, -0.05) is 40.2 Å². The topological polar surface area (TPSA) is 67.6 Å². The molecule has 5 heteroatoms. The Morgan fingerprint density at radius 2 is 1.95 bits per heavy atom.